The molecule has 0 spiro atoms. The first-order chi connectivity index (χ1) is 11.7. The summed E-state index contributed by atoms with van der Waals surface area (Å²) in [4.78, 5) is 48.3. The number of carbonyl (C=O) groups excluding carboxylic acids is 3. The van der Waals surface area contributed by atoms with Crippen molar-refractivity contribution in [1.82, 2.24) is 19.8 Å². The summed E-state index contributed by atoms with van der Waals surface area (Å²) < 4.78 is 5.23. The molecule has 2 rings (SSSR count). The van der Waals surface area contributed by atoms with Gasteiger partial charge in [-0.3, -0.25) is 19.4 Å². The van der Waals surface area contributed by atoms with Crippen molar-refractivity contribution in [3.63, 3.8) is 0 Å². The Labute approximate surface area is 154 Å². The van der Waals surface area contributed by atoms with E-state index in [1.165, 1.54) is 28.6 Å². The monoisotopic (exact) mass is 410 g/mol. The second-order valence-electron chi connectivity index (χ2n) is 6.40. The average molecular weight is 411 g/mol. The molecule has 0 aliphatic carbocycles. The Bertz CT molecular complexity index is 700. The van der Waals surface area contributed by atoms with Gasteiger partial charge in [-0.05, 0) is 20.8 Å². The lowest BCUT2D eigenvalue weighted by Crippen LogP contribution is -2.34. The molecule has 134 valence electrons. The van der Waals surface area contributed by atoms with Crippen molar-refractivity contribution in [2.75, 3.05) is 6.54 Å². The summed E-state index contributed by atoms with van der Waals surface area (Å²) in [6, 6.07) is -0.497. The molecule has 8 nitrogen and oxygen atoms in total. The number of hydrogen-bond acceptors (Lipinski definition) is 6. The molecule has 2 heterocycles. The van der Waals surface area contributed by atoms with Crippen LogP contribution in [0.1, 0.15) is 32.8 Å². The minimum atomic E-state index is -0.602. The van der Waals surface area contributed by atoms with Crippen LogP contribution in [0, 0.1) is 0 Å². The minimum Gasteiger partial charge on any atom is -0.460 e. The Morgan fingerprint density at radius 2 is 1.88 bits per heavy atom. The highest BCUT2D eigenvalue weighted by molar-refractivity contribution is 9.11. The first-order valence-electron chi connectivity index (χ1n) is 7.62. The number of urea groups is 1. The van der Waals surface area contributed by atoms with Crippen LogP contribution in [-0.4, -0.2) is 49.8 Å². The molecule has 1 aliphatic rings. The molecule has 0 saturated carbocycles. The zero-order chi connectivity index (χ0) is 18.6. The maximum atomic E-state index is 12.6. The van der Waals surface area contributed by atoms with E-state index in [0.717, 1.165) is 4.90 Å². The van der Waals surface area contributed by atoms with Gasteiger partial charge in [0.15, 0.2) is 0 Å². The van der Waals surface area contributed by atoms with E-state index in [1.807, 2.05) is 0 Å². The molecule has 1 fully saturated rings. The summed E-state index contributed by atoms with van der Waals surface area (Å²) in [6.45, 7) is 5.42. The normalized spacial score (nSPS) is 16.7. The third-order valence-electron chi connectivity index (χ3n) is 3.23. The number of halogens is 1. The number of nitrogens with zero attached hydrogens (tertiary/aromatic N) is 4. The highest BCUT2D eigenvalue weighted by Crippen LogP contribution is 2.24. The third-order valence-corrected chi connectivity index (χ3v) is 3.67. The van der Waals surface area contributed by atoms with Crippen LogP contribution < -0.4 is 0 Å². The van der Waals surface area contributed by atoms with Gasteiger partial charge in [0.1, 0.15) is 17.6 Å². The molecule has 1 aromatic rings. The highest BCUT2D eigenvalue weighted by atomic mass is 79.9. The molecule has 0 unspecified atom stereocenters. The van der Waals surface area contributed by atoms with Gasteiger partial charge in [-0.15, -0.1) is 0 Å². The second kappa shape index (κ2) is 7.73. The van der Waals surface area contributed by atoms with Crippen molar-refractivity contribution in [2.45, 2.75) is 39.3 Å². The van der Waals surface area contributed by atoms with E-state index >= 15 is 0 Å². The minimum absolute atomic E-state index is 0.0110. The summed E-state index contributed by atoms with van der Waals surface area (Å²) in [5.74, 6) is -0.883. The fourth-order valence-electron chi connectivity index (χ4n) is 2.24. The van der Waals surface area contributed by atoms with Gasteiger partial charge >= 0.3 is 12.0 Å². The average Bonchev–Trinajstić information content (AvgIpc) is 2.76. The van der Waals surface area contributed by atoms with Crippen LogP contribution >= 0.6 is 15.9 Å². The van der Waals surface area contributed by atoms with Crippen molar-refractivity contribution < 1.29 is 19.1 Å². The summed E-state index contributed by atoms with van der Waals surface area (Å²) in [6.07, 6.45) is 4.43. The molecular formula is C16H19BrN4O4. The van der Waals surface area contributed by atoms with E-state index in [1.54, 1.807) is 20.8 Å². The summed E-state index contributed by atoms with van der Waals surface area (Å²) >= 11 is 3.11. The molecule has 3 amide bonds. The molecule has 0 radical (unpaired) electrons. The van der Waals surface area contributed by atoms with Crippen molar-refractivity contribution in [3.05, 3.63) is 35.0 Å². The molecule has 25 heavy (non-hydrogen) atoms. The summed E-state index contributed by atoms with van der Waals surface area (Å²) in [5, 5.41) is 0. The number of ether oxygens (including phenoxy) is 1. The number of hydrogen-bond donors (Lipinski definition) is 0. The smallest absolute Gasteiger partial charge is 0.332 e. The van der Waals surface area contributed by atoms with Gasteiger partial charge in [0.2, 0.25) is 0 Å². The summed E-state index contributed by atoms with van der Waals surface area (Å²) in [5.41, 5.74) is 0.201. The Morgan fingerprint density at radius 1 is 1.24 bits per heavy atom. The van der Waals surface area contributed by atoms with E-state index < -0.39 is 23.5 Å². The van der Waals surface area contributed by atoms with Gasteiger partial charge in [-0.1, -0.05) is 15.9 Å². The highest BCUT2D eigenvalue weighted by Gasteiger charge is 2.40. The van der Waals surface area contributed by atoms with Crippen LogP contribution in [-0.2, 0) is 20.9 Å². The summed E-state index contributed by atoms with van der Waals surface area (Å²) in [7, 11) is 0. The molecular weight excluding hydrogens is 392 g/mol. The topological polar surface area (TPSA) is 92.7 Å². The van der Waals surface area contributed by atoms with Crippen LogP contribution in [0.4, 0.5) is 4.79 Å². The second-order valence-corrected chi connectivity index (χ2v) is 6.86. The van der Waals surface area contributed by atoms with Gasteiger partial charge < -0.3 is 4.74 Å². The van der Waals surface area contributed by atoms with E-state index in [9.17, 15) is 14.4 Å². The van der Waals surface area contributed by atoms with Crippen molar-refractivity contribution in [1.29, 1.82) is 0 Å². The molecule has 0 N–H and O–H groups in total. The van der Waals surface area contributed by atoms with E-state index in [0.29, 0.717) is 5.56 Å². The number of esters is 1. The maximum Gasteiger partial charge on any atom is 0.332 e. The Kier molecular flexibility index (Phi) is 5.89. The molecule has 0 atom stereocenters. The molecule has 1 aromatic heterocycles. The first-order valence-corrected chi connectivity index (χ1v) is 8.54. The van der Waals surface area contributed by atoms with Crippen LogP contribution in [0.15, 0.2) is 29.4 Å². The zero-order valence-corrected chi connectivity index (χ0v) is 15.8. The SMILES string of the molecule is CC(C)(C)OC(=O)CCN1C(=O)N(Cc2cncnc2)C(=O)/C1=C/Br. The zero-order valence-electron chi connectivity index (χ0n) is 14.2. The van der Waals surface area contributed by atoms with Crippen LogP contribution in [0.2, 0.25) is 0 Å². The van der Waals surface area contributed by atoms with E-state index in [4.69, 9.17) is 4.74 Å². The van der Waals surface area contributed by atoms with Crippen molar-refractivity contribution in [2.24, 2.45) is 0 Å². The lowest BCUT2D eigenvalue weighted by atomic mass is 10.2. The van der Waals surface area contributed by atoms with E-state index in [2.05, 4.69) is 25.9 Å². The molecule has 1 saturated heterocycles. The Hall–Kier alpha value is -2.29. The molecule has 0 aromatic carbocycles. The largest absolute Gasteiger partial charge is 0.460 e. The van der Waals surface area contributed by atoms with Gasteiger partial charge in [0.05, 0.1) is 13.0 Å². The molecule has 9 heteroatoms. The lowest BCUT2D eigenvalue weighted by molar-refractivity contribution is -0.154. The fourth-order valence-corrected chi connectivity index (χ4v) is 2.68. The predicted molar refractivity (Wildman–Crippen MR) is 92.2 cm³/mol. The number of rotatable bonds is 5. The molecule has 1 aliphatic heterocycles. The predicted octanol–water partition coefficient (Wildman–Crippen LogP) is 2.21. The lowest BCUT2D eigenvalue weighted by Gasteiger charge is -2.21. The maximum absolute atomic E-state index is 12.6. The number of carbonyl (C=O) groups is 3. The van der Waals surface area contributed by atoms with E-state index in [-0.39, 0.29) is 25.2 Å². The van der Waals surface area contributed by atoms with Crippen LogP contribution in [0.5, 0.6) is 0 Å². The van der Waals surface area contributed by atoms with Crippen LogP contribution in [0.3, 0.4) is 0 Å². The van der Waals surface area contributed by atoms with Crippen molar-refractivity contribution >= 4 is 33.8 Å². The first kappa shape index (κ1) is 19.0. The quantitative estimate of drug-likeness (QED) is 0.419. The van der Waals surface area contributed by atoms with Gasteiger partial charge in [0.25, 0.3) is 5.91 Å². The number of aromatic nitrogens is 2. The number of imide groups is 1. The van der Waals surface area contributed by atoms with Gasteiger partial charge in [-0.25, -0.2) is 14.8 Å². The fraction of sp³-hybridized carbons (Fsp3) is 0.438. The van der Waals surface area contributed by atoms with Gasteiger partial charge in [-0.2, -0.15) is 0 Å². The van der Waals surface area contributed by atoms with Gasteiger partial charge in [0, 0.05) is 29.5 Å². The third kappa shape index (κ3) is 4.85. The Morgan fingerprint density at radius 3 is 2.44 bits per heavy atom. The van der Waals surface area contributed by atoms with Crippen molar-refractivity contribution in [3.8, 4) is 0 Å². The van der Waals surface area contributed by atoms with Crippen LogP contribution in [0.25, 0.3) is 0 Å². The molecule has 0 bridgehead atoms. The number of amides is 3. The standard InChI is InChI=1S/C16H19BrN4O4/c1-16(2,3)25-13(22)4-5-20-12(6-17)14(23)21(15(20)24)9-11-7-18-10-19-8-11/h6-8,10H,4-5,9H2,1-3H3/b12-6-. The Balaban J connectivity index is 2.07.